The third-order valence-corrected chi connectivity index (χ3v) is 8.48. The number of amides is 1. The summed E-state index contributed by atoms with van der Waals surface area (Å²) in [6.07, 6.45) is 1.83. The molecule has 0 saturated carbocycles. The van der Waals surface area contributed by atoms with E-state index in [2.05, 4.69) is 94.6 Å². The zero-order valence-electron chi connectivity index (χ0n) is 24.6. The lowest BCUT2D eigenvalue weighted by Crippen LogP contribution is -2.29. The molecule has 1 fully saturated rings. The van der Waals surface area contributed by atoms with Crippen LogP contribution >= 0.6 is 12.2 Å². The SMILES string of the molecule is Cc1cc(N2C(=S)NC(c3ccccn3)C2c2cc(C)n(-c3cccc4ccccc34)c2C)ccc1NC(=O)C(C)C. The highest BCUT2D eigenvalue weighted by Crippen LogP contribution is 2.44. The lowest BCUT2D eigenvalue weighted by molar-refractivity contribution is -0.118. The Labute approximate surface area is 252 Å². The summed E-state index contributed by atoms with van der Waals surface area (Å²) >= 11 is 6.01. The number of carbonyl (C=O) groups is 1. The van der Waals surface area contributed by atoms with Crippen LogP contribution in [-0.4, -0.2) is 20.6 Å². The van der Waals surface area contributed by atoms with Gasteiger partial charge in [0.2, 0.25) is 5.91 Å². The third kappa shape index (κ3) is 4.84. The van der Waals surface area contributed by atoms with Gasteiger partial charge in [-0.25, -0.2) is 0 Å². The summed E-state index contributed by atoms with van der Waals surface area (Å²) in [6, 6.07) is 29.1. The van der Waals surface area contributed by atoms with Crippen molar-refractivity contribution in [2.24, 2.45) is 5.92 Å². The third-order valence-electron chi connectivity index (χ3n) is 8.16. The number of hydrogen-bond acceptors (Lipinski definition) is 3. The Morgan fingerprint density at radius 2 is 1.71 bits per heavy atom. The van der Waals surface area contributed by atoms with Crippen LogP contribution in [0.5, 0.6) is 0 Å². The van der Waals surface area contributed by atoms with Crippen molar-refractivity contribution >= 4 is 45.4 Å². The van der Waals surface area contributed by atoms with Crippen molar-refractivity contribution in [3.8, 4) is 5.69 Å². The lowest BCUT2D eigenvalue weighted by Gasteiger charge is -2.29. The molecule has 1 saturated heterocycles. The van der Waals surface area contributed by atoms with Crippen molar-refractivity contribution < 1.29 is 4.79 Å². The maximum absolute atomic E-state index is 12.4. The van der Waals surface area contributed by atoms with E-state index in [1.54, 1.807) is 0 Å². The first-order valence-electron chi connectivity index (χ1n) is 14.3. The number of thiocarbonyl (C=S) groups is 1. The normalized spacial score (nSPS) is 16.7. The molecule has 0 aliphatic carbocycles. The standard InChI is InChI=1S/C35H35N5OS/c1-21(2)34(41)37-29-17-16-26(19-22(29)3)40-33(32(38-35(40)42)30-14-8-9-18-36-30)28-20-23(4)39(24(28)5)31-15-10-12-25-11-6-7-13-27(25)31/h6-21,32-33H,1-5H3,(H,37,41)(H,38,42). The fraction of sp³-hybridized carbons (Fsp3) is 0.229. The van der Waals surface area contributed by atoms with Crippen LogP contribution in [0.2, 0.25) is 0 Å². The van der Waals surface area contributed by atoms with Gasteiger partial charge in [0.25, 0.3) is 0 Å². The second-order valence-corrected chi connectivity index (χ2v) is 11.7. The summed E-state index contributed by atoms with van der Waals surface area (Å²) < 4.78 is 2.35. The fourth-order valence-electron chi connectivity index (χ4n) is 6.03. The Kier molecular flexibility index (Phi) is 7.29. The Bertz CT molecular complexity index is 1800. The van der Waals surface area contributed by atoms with E-state index >= 15 is 0 Å². The van der Waals surface area contributed by atoms with E-state index < -0.39 is 0 Å². The van der Waals surface area contributed by atoms with Crippen molar-refractivity contribution in [3.63, 3.8) is 0 Å². The Morgan fingerprint density at radius 3 is 2.45 bits per heavy atom. The van der Waals surface area contributed by atoms with E-state index in [0.29, 0.717) is 5.11 Å². The Balaban J connectivity index is 1.49. The summed E-state index contributed by atoms with van der Waals surface area (Å²) in [5.74, 6) is -0.0990. The second kappa shape index (κ2) is 11.1. The van der Waals surface area contributed by atoms with Gasteiger partial charge >= 0.3 is 0 Å². The van der Waals surface area contributed by atoms with E-state index in [0.717, 1.165) is 39.7 Å². The molecule has 7 heteroatoms. The molecule has 5 aromatic rings. The highest BCUT2D eigenvalue weighted by molar-refractivity contribution is 7.80. The number of rotatable bonds is 6. The number of carbonyl (C=O) groups excluding carboxylic acids is 1. The molecule has 2 atom stereocenters. The average Bonchev–Trinajstić information content (AvgIpc) is 3.48. The summed E-state index contributed by atoms with van der Waals surface area (Å²) in [5, 5.41) is 9.70. The number of benzene rings is 3. The molecular weight excluding hydrogens is 538 g/mol. The van der Waals surface area contributed by atoms with Gasteiger partial charge in [-0.3, -0.25) is 9.78 Å². The highest BCUT2D eigenvalue weighted by Gasteiger charge is 2.42. The van der Waals surface area contributed by atoms with Crippen molar-refractivity contribution in [1.82, 2.24) is 14.9 Å². The van der Waals surface area contributed by atoms with Gasteiger partial charge in [0.1, 0.15) is 0 Å². The highest BCUT2D eigenvalue weighted by atomic mass is 32.1. The molecule has 0 radical (unpaired) electrons. The number of aromatic nitrogens is 2. The topological polar surface area (TPSA) is 62.2 Å². The number of fused-ring (bicyclic) bond motifs is 1. The van der Waals surface area contributed by atoms with Crippen molar-refractivity contribution in [1.29, 1.82) is 0 Å². The number of hydrogen-bond donors (Lipinski definition) is 2. The van der Waals surface area contributed by atoms with Gasteiger partial charge in [0.05, 0.1) is 23.5 Å². The van der Waals surface area contributed by atoms with E-state index in [-0.39, 0.29) is 23.9 Å². The minimum absolute atomic E-state index is 0.00169. The number of aryl methyl sites for hydroxylation is 2. The van der Waals surface area contributed by atoms with Gasteiger partial charge < -0.3 is 20.1 Å². The Morgan fingerprint density at radius 1 is 0.952 bits per heavy atom. The second-order valence-electron chi connectivity index (χ2n) is 11.3. The summed E-state index contributed by atoms with van der Waals surface area (Å²) in [6.45, 7) is 10.2. The molecular formula is C35H35N5OS. The average molecular weight is 574 g/mol. The predicted molar refractivity (Wildman–Crippen MR) is 175 cm³/mol. The molecule has 6 nitrogen and oxygen atoms in total. The van der Waals surface area contributed by atoms with Gasteiger partial charge in [0, 0.05) is 40.3 Å². The van der Waals surface area contributed by atoms with Crippen LogP contribution < -0.4 is 15.5 Å². The van der Waals surface area contributed by atoms with E-state index in [1.807, 2.05) is 51.2 Å². The van der Waals surface area contributed by atoms with Crippen LogP contribution in [0.4, 0.5) is 11.4 Å². The molecule has 0 bridgehead atoms. The first kappa shape index (κ1) is 27.7. The molecule has 2 unspecified atom stereocenters. The zero-order chi connectivity index (χ0) is 29.5. The first-order chi connectivity index (χ1) is 20.2. The minimum Gasteiger partial charge on any atom is -0.351 e. The van der Waals surface area contributed by atoms with Crippen LogP contribution in [0.1, 0.15) is 54.1 Å². The van der Waals surface area contributed by atoms with Gasteiger partial charge in [0.15, 0.2) is 5.11 Å². The van der Waals surface area contributed by atoms with Crippen LogP contribution in [0.25, 0.3) is 16.5 Å². The monoisotopic (exact) mass is 573 g/mol. The zero-order valence-corrected chi connectivity index (χ0v) is 25.4. The summed E-state index contributed by atoms with van der Waals surface area (Å²) in [7, 11) is 0. The predicted octanol–water partition coefficient (Wildman–Crippen LogP) is 7.72. The number of nitrogens with zero attached hydrogens (tertiary/aromatic N) is 3. The molecule has 0 spiro atoms. The van der Waals surface area contributed by atoms with E-state index in [4.69, 9.17) is 17.2 Å². The van der Waals surface area contributed by atoms with Gasteiger partial charge in [-0.15, -0.1) is 0 Å². The van der Waals surface area contributed by atoms with E-state index in [1.165, 1.54) is 16.3 Å². The van der Waals surface area contributed by atoms with Crippen LogP contribution in [-0.2, 0) is 4.79 Å². The molecule has 3 aromatic carbocycles. The van der Waals surface area contributed by atoms with Crippen molar-refractivity contribution in [3.05, 3.63) is 119 Å². The van der Waals surface area contributed by atoms with Gasteiger partial charge in [-0.1, -0.05) is 56.3 Å². The molecule has 42 heavy (non-hydrogen) atoms. The molecule has 212 valence electrons. The number of pyridine rings is 1. The molecule has 1 aliphatic heterocycles. The van der Waals surface area contributed by atoms with Crippen molar-refractivity contribution in [2.45, 2.75) is 46.7 Å². The smallest absolute Gasteiger partial charge is 0.226 e. The maximum Gasteiger partial charge on any atom is 0.226 e. The number of nitrogens with one attached hydrogen (secondary N) is 2. The van der Waals surface area contributed by atoms with Crippen LogP contribution in [0, 0.1) is 26.7 Å². The maximum atomic E-state index is 12.4. The number of anilines is 2. The molecule has 1 aliphatic rings. The largest absolute Gasteiger partial charge is 0.351 e. The molecule has 3 heterocycles. The Hall–Kier alpha value is -4.49. The molecule has 2 aromatic heterocycles. The summed E-state index contributed by atoms with van der Waals surface area (Å²) in [4.78, 5) is 19.3. The minimum atomic E-state index is -0.152. The van der Waals surface area contributed by atoms with Crippen LogP contribution in [0.15, 0.2) is 91.1 Å². The summed E-state index contributed by atoms with van der Waals surface area (Å²) in [5.41, 5.74) is 8.32. The van der Waals surface area contributed by atoms with Crippen LogP contribution in [0.3, 0.4) is 0 Å². The lowest BCUT2D eigenvalue weighted by atomic mass is 9.96. The fourth-order valence-corrected chi connectivity index (χ4v) is 6.37. The van der Waals surface area contributed by atoms with Crippen molar-refractivity contribution in [2.75, 3.05) is 10.2 Å². The molecule has 6 rings (SSSR count). The first-order valence-corrected chi connectivity index (χ1v) is 14.7. The molecule has 1 amide bonds. The molecule has 2 N–H and O–H groups in total. The quantitative estimate of drug-likeness (QED) is 0.204. The van der Waals surface area contributed by atoms with E-state index in [9.17, 15) is 4.79 Å². The van der Waals surface area contributed by atoms with Gasteiger partial charge in [-0.05, 0) is 92.0 Å². The van der Waals surface area contributed by atoms with Gasteiger partial charge in [-0.2, -0.15) is 0 Å².